The van der Waals surface area contributed by atoms with Gasteiger partial charge in [-0.3, -0.25) is 0 Å². The summed E-state index contributed by atoms with van der Waals surface area (Å²) >= 11 is 0. The van der Waals surface area contributed by atoms with Crippen LogP contribution in [0.4, 0.5) is 0 Å². The molecular weight excluding hydrogens is 408 g/mol. The van der Waals surface area contributed by atoms with Gasteiger partial charge in [-0.05, 0) is 50.9 Å². The van der Waals surface area contributed by atoms with Crippen LogP contribution in [0.3, 0.4) is 0 Å². The number of nitrogens with one attached hydrogen (secondary N) is 1. The summed E-state index contributed by atoms with van der Waals surface area (Å²) in [6.45, 7) is 0. The number of nitrogens with zero attached hydrogens (tertiary/aromatic N) is 3. The lowest BCUT2D eigenvalue weighted by molar-refractivity contribution is 0.602. The predicted molar refractivity (Wildman–Crippen MR) is 120 cm³/mol. The topological polar surface area (TPSA) is 88.6 Å². The van der Waals surface area contributed by atoms with Crippen molar-refractivity contribution in [2.75, 3.05) is 0 Å². The Balaban J connectivity index is 1.39. The van der Waals surface area contributed by atoms with Crippen molar-refractivity contribution in [3.8, 4) is 22.5 Å². The number of tetrazole rings is 1. The van der Waals surface area contributed by atoms with E-state index in [0.717, 1.165) is 27.5 Å². The Morgan fingerprint density at radius 2 is 1.48 bits per heavy atom. The number of H-pyrrole nitrogens is 1. The van der Waals surface area contributed by atoms with Gasteiger partial charge in [-0.25, -0.2) is 8.42 Å². The van der Waals surface area contributed by atoms with Crippen LogP contribution in [0.15, 0.2) is 95.9 Å². The first-order chi connectivity index (χ1) is 15.1. The SMILES string of the molecule is O=S(=O)([CH]c1ccc(-c2cccc(-c3nn[nH]n3)c2)cc1)c1ccc2ccccc2c1. The highest BCUT2D eigenvalue weighted by molar-refractivity contribution is 7.93. The van der Waals surface area contributed by atoms with Gasteiger partial charge in [-0.15, -0.1) is 10.2 Å². The molecule has 0 aliphatic heterocycles. The first kappa shape index (κ1) is 19.1. The van der Waals surface area contributed by atoms with Crippen LogP contribution in [0, 0.1) is 5.75 Å². The van der Waals surface area contributed by atoms with Crippen molar-refractivity contribution in [2.24, 2.45) is 0 Å². The molecule has 1 radical (unpaired) electrons. The minimum Gasteiger partial charge on any atom is -0.223 e. The zero-order valence-corrected chi connectivity index (χ0v) is 17.1. The molecule has 6 nitrogen and oxygen atoms in total. The zero-order chi connectivity index (χ0) is 21.3. The molecular formula is C24H17N4O2S. The first-order valence-electron chi connectivity index (χ1n) is 9.61. The predicted octanol–water partition coefficient (Wildman–Crippen LogP) is 4.67. The fraction of sp³-hybridized carbons (Fsp3) is 0. The Kier molecular flexibility index (Phi) is 4.80. The van der Waals surface area contributed by atoms with Crippen LogP contribution >= 0.6 is 0 Å². The summed E-state index contributed by atoms with van der Waals surface area (Å²) in [6.07, 6.45) is 0. The molecule has 0 unspecified atom stereocenters. The zero-order valence-electron chi connectivity index (χ0n) is 16.3. The smallest absolute Gasteiger partial charge is 0.204 e. The molecule has 0 spiro atoms. The largest absolute Gasteiger partial charge is 0.223 e. The summed E-state index contributed by atoms with van der Waals surface area (Å²) < 4.78 is 25.8. The van der Waals surface area contributed by atoms with E-state index in [4.69, 9.17) is 0 Å². The highest BCUT2D eigenvalue weighted by atomic mass is 32.2. The van der Waals surface area contributed by atoms with Crippen LogP contribution in [-0.2, 0) is 9.84 Å². The number of rotatable bonds is 5. The van der Waals surface area contributed by atoms with Gasteiger partial charge in [0, 0.05) is 5.56 Å². The normalized spacial score (nSPS) is 11.6. The van der Waals surface area contributed by atoms with Crippen molar-refractivity contribution >= 4 is 20.6 Å². The summed E-state index contributed by atoms with van der Waals surface area (Å²) in [7, 11) is -3.57. The first-order valence-corrected chi connectivity index (χ1v) is 11.2. The van der Waals surface area contributed by atoms with E-state index in [0.29, 0.717) is 11.4 Å². The lowest BCUT2D eigenvalue weighted by atomic mass is 10.0. The molecule has 1 aromatic heterocycles. The maximum Gasteiger partial charge on any atom is 0.204 e. The second-order valence-electron chi connectivity index (χ2n) is 7.11. The molecule has 0 fully saturated rings. The summed E-state index contributed by atoms with van der Waals surface area (Å²) in [6, 6.07) is 28.1. The van der Waals surface area contributed by atoms with E-state index in [9.17, 15) is 8.42 Å². The van der Waals surface area contributed by atoms with Gasteiger partial charge in [0.05, 0.1) is 4.90 Å². The molecule has 0 saturated carbocycles. The van der Waals surface area contributed by atoms with Crippen LogP contribution in [0.5, 0.6) is 0 Å². The van der Waals surface area contributed by atoms with E-state index in [2.05, 4.69) is 20.6 Å². The maximum atomic E-state index is 12.9. The Bertz CT molecular complexity index is 1460. The third-order valence-electron chi connectivity index (χ3n) is 5.05. The highest BCUT2D eigenvalue weighted by Gasteiger charge is 2.17. The number of sulfone groups is 1. The average molecular weight is 425 g/mol. The second kappa shape index (κ2) is 7.77. The molecule has 0 atom stereocenters. The lowest BCUT2D eigenvalue weighted by Gasteiger charge is -2.08. The van der Waals surface area contributed by atoms with Crippen molar-refractivity contribution in [3.05, 3.63) is 102 Å². The van der Waals surface area contributed by atoms with E-state index in [1.54, 1.807) is 24.3 Å². The number of fused-ring (bicyclic) bond motifs is 1. The Morgan fingerprint density at radius 1 is 0.710 bits per heavy atom. The minimum absolute atomic E-state index is 0.281. The van der Waals surface area contributed by atoms with Gasteiger partial charge < -0.3 is 0 Å². The molecule has 31 heavy (non-hydrogen) atoms. The molecule has 151 valence electrons. The molecule has 1 heterocycles. The van der Waals surface area contributed by atoms with Gasteiger partial charge in [-0.1, -0.05) is 72.8 Å². The van der Waals surface area contributed by atoms with Crippen LogP contribution in [0.2, 0.25) is 0 Å². The van der Waals surface area contributed by atoms with Crippen LogP contribution < -0.4 is 0 Å². The quantitative estimate of drug-likeness (QED) is 0.442. The fourth-order valence-corrected chi connectivity index (χ4v) is 4.67. The van der Waals surface area contributed by atoms with Crippen molar-refractivity contribution < 1.29 is 8.42 Å². The van der Waals surface area contributed by atoms with Crippen molar-refractivity contribution in [1.29, 1.82) is 0 Å². The van der Waals surface area contributed by atoms with E-state index < -0.39 is 9.84 Å². The van der Waals surface area contributed by atoms with Gasteiger partial charge in [0.25, 0.3) is 0 Å². The number of benzene rings is 4. The Morgan fingerprint density at radius 3 is 2.26 bits per heavy atom. The van der Waals surface area contributed by atoms with E-state index in [1.165, 1.54) is 5.75 Å². The number of hydrogen-bond donors (Lipinski definition) is 1. The standard InChI is InChI=1S/C24H17N4O2S/c29-31(30,23-13-12-18-4-1-2-5-21(18)15-23)16-17-8-10-19(11-9-17)20-6-3-7-22(14-20)24-25-27-28-26-24/h1-16H,(H,25,26,27,28). The third kappa shape index (κ3) is 3.95. The number of hydrogen-bond acceptors (Lipinski definition) is 5. The van der Waals surface area contributed by atoms with Gasteiger partial charge in [0.15, 0.2) is 9.84 Å². The number of aromatic amines is 1. The molecule has 0 amide bonds. The molecule has 0 bridgehead atoms. The molecule has 5 rings (SSSR count). The van der Waals surface area contributed by atoms with Crippen LogP contribution in [-0.4, -0.2) is 29.0 Å². The van der Waals surface area contributed by atoms with Gasteiger partial charge in [0.2, 0.25) is 5.82 Å². The summed E-state index contributed by atoms with van der Waals surface area (Å²) in [4.78, 5) is 0.281. The molecule has 7 heteroatoms. The summed E-state index contributed by atoms with van der Waals surface area (Å²) in [5.41, 5.74) is 3.41. The van der Waals surface area contributed by atoms with E-state index in [-0.39, 0.29) is 4.90 Å². The van der Waals surface area contributed by atoms with Crippen molar-refractivity contribution in [1.82, 2.24) is 20.6 Å². The van der Waals surface area contributed by atoms with Gasteiger partial charge in [-0.2, -0.15) is 5.21 Å². The lowest BCUT2D eigenvalue weighted by Crippen LogP contribution is -2.02. The van der Waals surface area contributed by atoms with Crippen LogP contribution in [0.25, 0.3) is 33.3 Å². The maximum absolute atomic E-state index is 12.9. The Labute approximate surface area is 179 Å². The monoisotopic (exact) mass is 425 g/mol. The van der Waals surface area contributed by atoms with E-state index in [1.807, 2.05) is 66.7 Å². The molecule has 0 aliphatic rings. The Hall–Kier alpha value is -3.84. The molecule has 0 aliphatic carbocycles. The third-order valence-corrected chi connectivity index (χ3v) is 6.54. The van der Waals surface area contributed by atoms with Crippen molar-refractivity contribution in [3.63, 3.8) is 0 Å². The van der Waals surface area contributed by atoms with Crippen LogP contribution in [0.1, 0.15) is 5.56 Å². The second-order valence-corrected chi connectivity index (χ2v) is 8.91. The summed E-state index contributed by atoms with van der Waals surface area (Å²) in [5, 5.41) is 16.0. The average Bonchev–Trinajstić information content (AvgIpc) is 3.34. The number of aromatic nitrogens is 4. The van der Waals surface area contributed by atoms with Gasteiger partial charge >= 0.3 is 0 Å². The summed E-state index contributed by atoms with van der Waals surface area (Å²) in [5.74, 6) is 1.82. The molecule has 1 N–H and O–H groups in total. The molecule has 0 saturated heterocycles. The molecule has 4 aromatic carbocycles. The highest BCUT2D eigenvalue weighted by Crippen LogP contribution is 2.27. The minimum atomic E-state index is -3.57. The molecule has 5 aromatic rings. The van der Waals surface area contributed by atoms with E-state index >= 15 is 0 Å². The van der Waals surface area contributed by atoms with Crippen molar-refractivity contribution in [2.45, 2.75) is 4.90 Å². The van der Waals surface area contributed by atoms with Gasteiger partial charge in [0.1, 0.15) is 5.75 Å². The fourth-order valence-electron chi connectivity index (χ4n) is 3.47.